The molecule has 0 aliphatic heterocycles. The van der Waals surface area contributed by atoms with Crippen molar-refractivity contribution in [1.29, 1.82) is 0 Å². The Labute approximate surface area is 146 Å². The van der Waals surface area contributed by atoms with Gasteiger partial charge in [0.1, 0.15) is 6.10 Å². The Morgan fingerprint density at radius 2 is 1.12 bits per heavy atom. The molecule has 0 aromatic carbocycles. The van der Waals surface area contributed by atoms with E-state index in [2.05, 4.69) is 6.92 Å². The molecule has 0 saturated heterocycles. The van der Waals surface area contributed by atoms with Gasteiger partial charge < -0.3 is 30.6 Å². The van der Waals surface area contributed by atoms with Gasteiger partial charge in [0.15, 0.2) is 0 Å². The molecule has 0 saturated carbocycles. The number of carboxylic acids is 1. The highest BCUT2D eigenvalue weighted by molar-refractivity contribution is 5.66. The first-order valence-electron chi connectivity index (χ1n) is 8.83. The molecule has 0 atom stereocenters. The van der Waals surface area contributed by atoms with E-state index in [1.54, 1.807) is 0 Å². The zero-order valence-electron chi connectivity index (χ0n) is 15.1. The van der Waals surface area contributed by atoms with E-state index in [1.807, 2.05) is 0 Å². The van der Waals surface area contributed by atoms with Crippen LogP contribution in [0.25, 0.3) is 0 Å². The minimum atomic E-state index is -0.954. The molecule has 0 unspecified atom stereocenters. The molecule has 0 aliphatic rings. The highest BCUT2D eigenvalue weighted by Gasteiger charge is 1.96. The van der Waals surface area contributed by atoms with Gasteiger partial charge in [0, 0.05) is 6.42 Å². The summed E-state index contributed by atoms with van der Waals surface area (Å²) in [6.07, 6.45) is 10.5. The van der Waals surface area contributed by atoms with Gasteiger partial charge in [-0.15, -0.1) is 0 Å². The normalized spacial score (nSPS) is 9.79. The van der Waals surface area contributed by atoms with Crippen LogP contribution >= 0.6 is 0 Å². The van der Waals surface area contributed by atoms with Crippen LogP contribution in [0.4, 0.5) is 0 Å². The lowest BCUT2D eigenvalue weighted by Crippen LogP contribution is -2.15. The topological polar surface area (TPSA) is 138 Å². The number of rotatable bonds is 13. The van der Waals surface area contributed by atoms with Gasteiger partial charge in [-0.25, -0.2) is 0 Å². The third kappa shape index (κ3) is 37.5. The minimum absolute atomic E-state index is 0.125. The van der Waals surface area contributed by atoms with E-state index in [9.17, 15) is 4.79 Å². The van der Waals surface area contributed by atoms with Gasteiger partial charge in [0.05, 0.1) is 26.4 Å². The standard InChI is InChI=1S/C12H24O2.C3H8O3.C2H6O2/c1-2-3-4-5-6-7-8-9-10-11-12(13)14;4-1-3(6)2-5;3-1-2-4/h2-11H2,1H3,(H,13,14);3-6H,1-2H2;3-4H,1-2H2. The maximum absolute atomic E-state index is 10.2. The average Bonchev–Trinajstić information content (AvgIpc) is 2.60. The highest BCUT2D eigenvalue weighted by Crippen LogP contribution is 2.10. The second-order valence-electron chi connectivity index (χ2n) is 5.44. The molecule has 0 fully saturated rings. The molecule has 148 valence electrons. The van der Waals surface area contributed by atoms with Crippen LogP contribution in [-0.4, -0.2) is 69.1 Å². The number of carboxylic acid groups (broad SMARTS) is 1. The molecule has 0 spiro atoms. The van der Waals surface area contributed by atoms with E-state index in [0.29, 0.717) is 6.42 Å². The monoisotopic (exact) mass is 354 g/mol. The van der Waals surface area contributed by atoms with Gasteiger partial charge in [-0.2, -0.15) is 0 Å². The molecular formula is C17H38O7. The highest BCUT2D eigenvalue weighted by atomic mass is 16.4. The number of hydrogen-bond acceptors (Lipinski definition) is 6. The van der Waals surface area contributed by atoms with Crippen LogP contribution in [0.5, 0.6) is 0 Å². The second-order valence-corrected chi connectivity index (χ2v) is 5.44. The molecule has 0 aliphatic carbocycles. The molecule has 0 amide bonds. The Kier molecular flexibility index (Phi) is 31.8. The predicted octanol–water partition coefficient (Wildman–Crippen LogP) is 1.29. The quantitative estimate of drug-likeness (QED) is 0.274. The summed E-state index contributed by atoms with van der Waals surface area (Å²) in [5, 5.41) is 47.7. The SMILES string of the molecule is CCCCCCCCCCCC(=O)O.OCC(O)CO.OCCO. The average molecular weight is 354 g/mol. The van der Waals surface area contributed by atoms with E-state index in [0.717, 1.165) is 12.8 Å². The molecule has 0 heterocycles. The molecule has 6 N–H and O–H groups in total. The zero-order valence-corrected chi connectivity index (χ0v) is 15.1. The third-order valence-corrected chi connectivity index (χ3v) is 3.02. The van der Waals surface area contributed by atoms with Crippen LogP contribution in [0.1, 0.15) is 71.1 Å². The number of aliphatic hydroxyl groups is 5. The fraction of sp³-hybridized carbons (Fsp3) is 0.941. The Hall–Kier alpha value is -0.730. The molecule has 24 heavy (non-hydrogen) atoms. The summed E-state index contributed by atoms with van der Waals surface area (Å²) >= 11 is 0. The van der Waals surface area contributed by atoms with Gasteiger partial charge in [-0.3, -0.25) is 4.79 Å². The van der Waals surface area contributed by atoms with Gasteiger partial charge in [-0.1, -0.05) is 58.3 Å². The van der Waals surface area contributed by atoms with Crippen molar-refractivity contribution in [3.63, 3.8) is 0 Å². The van der Waals surface area contributed by atoms with E-state index >= 15 is 0 Å². The summed E-state index contributed by atoms with van der Waals surface area (Å²) in [5.74, 6) is -0.659. The van der Waals surface area contributed by atoms with Crippen molar-refractivity contribution in [3.8, 4) is 0 Å². The predicted molar refractivity (Wildman–Crippen MR) is 93.8 cm³/mol. The Morgan fingerprint density at radius 3 is 1.38 bits per heavy atom. The largest absolute Gasteiger partial charge is 0.481 e. The summed E-state index contributed by atoms with van der Waals surface area (Å²) in [4.78, 5) is 10.2. The Bertz CT molecular complexity index is 219. The van der Waals surface area contributed by atoms with Crippen LogP contribution in [-0.2, 0) is 4.79 Å². The fourth-order valence-corrected chi connectivity index (χ4v) is 1.64. The van der Waals surface area contributed by atoms with Crippen LogP contribution < -0.4 is 0 Å². The maximum Gasteiger partial charge on any atom is 0.303 e. The van der Waals surface area contributed by atoms with E-state index in [4.69, 9.17) is 30.6 Å². The number of aliphatic carboxylic acids is 1. The fourth-order valence-electron chi connectivity index (χ4n) is 1.64. The van der Waals surface area contributed by atoms with Crippen molar-refractivity contribution in [1.82, 2.24) is 0 Å². The maximum atomic E-state index is 10.2. The molecule has 7 nitrogen and oxygen atoms in total. The van der Waals surface area contributed by atoms with Gasteiger partial charge in [0.25, 0.3) is 0 Å². The van der Waals surface area contributed by atoms with Crippen molar-refractivity contribution < 1.29 is 35.4 Å². The van der Waals surface area contributed by atoms with Crippen LogP contribution in [0.2, 0.25) is 0 Å². The van der Waals surface area contributed by atoms with E-state index in [-0.39, 0.29) is 26.4 Å². The van der Waals surface area contributed by atoms with Crippen LogP contribution in [0.3, 0.4) is 0 Å². The summed E-state index contributed by atoms with van der Waals surface area (Å²) in [6, 6.07) is 0. The smallest absolute Gasteiger partial charge is 0.303 e. The molecular weight excluding hydrogens is 316 g/mol. The number of unbranched alkanes of at least 4 members (excludes halogenated alkanes) is 8. The number of aliphatic hydroxyl groups excluding tert-OH is 5. The first-order valence-corrected chi connectivity index (χ1v) is 8.83. The number of hydrogen-bond donors (Lipinski definition) is 6. The summed E-state index contributed by atoms with van der Waals surface area (Å²) in [5.41, 5.74) is 0. The van der Waals surface area contributed by atoms with Crippen LogP contribution in [0, 0.1) is 0 Å². The summed E-state index contributed by atoms with van der Waals surface area (Å²) in [6.45, 7) is 1.25. The van der Waals surface area contributed by atoms with Crippen LogP contribution in [0.15, 0.2) is 0 Å². The summed E-state index contributed by atoms with van der Waals surface area (Å²) < 4.78 is 0. The Balaban J connectivity index is -0.000000363. The lowest BCUT2D eigenvalue weighted by Gasteiger charge is -2.00. The second kappa shape index (κ2) is 27.1. The van der Waals surface area contributed by atoms with Crippen molar-refractivity contribution in [2.45, 2.75) is 77.2 Å². The first-order chi connectivity index (χ1) is 11.5. The Morgan fingerprint density at radius 1 is 0.750 bits per heavy atom. The van der Waals surface area contributed by atoms with E-state index < -0.39 is 12.1 Å². The first kappa shape index (κ1) is 28.1. The lowest BCUT2D eigenvalue weighted by atomic mass is 10.1. The van der Waals surface area contributed by atoms with Crippen molar-refractivity contribution in [2.24, 2.45) is 0 Å². The molecule has 0 rings (SSSR count). The molecule has 0 aromatic rings. The molecule has 0 bridgehead atoms. The third-order valence-electron chi connectivity index (χ3n) is 3.02. The van der Waals surface area contributed by atoms with E-state index in [1.165, 1.54) is 44.9 Å². The molecule has 7 heteroatoms. The van der Waals surface area contributed by atoms with Crippen molar-refractivity contribution in [2.75, 3.05) is 26.4 Å². The zero-order chi connectivity index (χ0) is 19.1. The van der Waals surface area contributed by atoms with Gasteiger partial charge in [-0.05, 0) is 6.42 Å². The van der Waals surface area contributed by atoms with Crippen molar-refractivity contribution in [3.05, 3.63) is 0 Å². The minimum Gasteiger partial charge on any atom is -0.481 e. The summed E-state index contributed by atoms with van der Waals surface area (Å²) in [7, 11) is 0. The van der Waals surface area contributed by atoms with Gasteiger partial charge in [0.2, 0.25) is 0 Å². The van der Waals surface area contributed by atoms with Crippen molar-refractivity contribution >= 4 is 5.97 Å². The lowest BCUT2D eigenvalue weighted by molar-refractivity contribution is -0.137. The van der Waals surface area contributed by atoms with Gasteiger partial charge >= 0.3 is 5.97 Å². The molecule has 0 aromatic heterocycles. The molecule has 0 radical (unpaired) electrons. The number of carbonyl (C=O) groups is 1.